The highest BCUT2D eigenvalue weighted by Crippen LogP contribution is 2.33. The minimum atomic E-state index is -0.529. The Balaban J connectivity index is 2.06. The zero-order valence-electron chi connectivity index (χ0n) is 11.5. The van der Waals surface area contributed by atoms with Crippen molar-refractivity contribution in [3.8, 4) is 11.1 Å². The predicted octanol–water partition coefficient (Wildman–Crippen LogP) is 0.464. The molecule has 2 aromatic rings. The first-order chi connectivity index (χ1) is 10.1. The molecule has 7 nitrogen and oxygen atoms in total. The zero-order valence-corrected chi connectivity index (χ0v) is 11.5. The number of nitrogen functional groups attached to an aromatic ring is 1. The molecular formula is C14H15N5O2. The standard InChI is InChI=1S/C14H15N5O2/c1-18-6-7-19(14(21)13(18)20)11-5-3-2-4-9(11)10-8-16-17-12(10)15/h2-5,8H,6-7H2,1H3,(H3,15,16,17). The van der Waals surface area contributed by atoms with Gasteiger partial charge in [-0.05, 0) is 6.07 Å². The Bertz CT molecular complexity index is 709. The molecule has 2 heterocycles. The number of anilines is 2. The number of nitrogens with two attached hydrogens (primary N) is 1. The Morgan fingerprint density at radius 1 is 1.14 bits per heavy atom. The fourth-order valence-electron chi connectivity index (χ4n) is 2.41. The third-order valence-electron chi connectivity index (χ3n) is 3.59. The van der Waals surface area contributed by atoms with Crippen molar-refractivity contribution in [2.75, 3.05) is 30.8 Å². The van der Waals surface area contributed by atoms with Crippen LogP contribution >= 0.6 is 0 Å². The predicted molar refractivity (Wildman–Crippen MR) is 78.4 cm³/mol. The van der Waals surface area contributed by atoms with E-state index in [0.29, 0.717) is 30.2 Å². The van der Waals surface area contributed by atoms with Crippen molar-refractivity contribution in [3.05, 3.63) is 30.5 Å². The number of carbonyl (C=O) groups excluding carboxylic acids is 2. The Kier molecular flexibility index (Phi) is 3.09. The summed E-state index contributed by atoms with van der Waals surface area (Å²) in [5, 5.41) is 6.58. The monoisotopic (exact) mass is 285 g/mol. The van der Waals surface area contributed by atoms with Crippen LogP contribution in [0.25, 0.3) is 11.1 Å². The number of carbonyl (C=O) groups is 2. The van der Waals surface area contributed by atoms with Crippen molar-refractivity contribution in [2.24, 2.45) is 0 Å². The highest BCUT2D eigenvalue weighted by atomic mass is 16.2. The minimum absolute atomic E-state index is 0.426. The maximum Gasteiger partial charge on any atom is 0.316 e. The third-order valence-corrected chi connectivity index (χ3v) is 3.59. The lowest BCUT2D eigenvalue weighted by molar-refractivity contribution is -0.145. The van der Waals surface area contributed by atoms with Gasteiger partial charge in [0.25, 0.3) is 0 Å². The number of piperazine rings is 1. The molecule has 1 saturated heterocycles. The van der Waals surface area contributed by atoms with Crippen LogP contribution in [0.15, 0.2) is 30.5 Å². The second-order valence-corrected chi connectivity index (χ2v) is 4.90. The van der Waals surface area contributed by atoms with E-state index in [4.69, 9.17) is 5.73 Å². The van der Waals surface area contributed by atoms with Crippen LogP contribution in [0.1, 0.15) is 0 Å². The van der Waals surface area contributed by atoms with Crippen molar-refractivity contribution in [1.29, 1.82) is 0 Å². The second kappa shape index (κ2) is 4.93. The summed E-state index contributed by atoms with van der Waals surface area (Å²) in [7, 11) is 1.62. The Hall–Kier alpha value is -2.83. The van der Waals surface area contributed by atoms with Crippen molar-refractivity contribution < 1.29 is 9.59 Å². The molecule has 0 spiro atoms. The van der Waals surface area contributed by atoms with E-state index in [1.54, 1.807) is 19.3 Å². The molecule has 0 aliphatic carbocycles. The fraction of sp³-hybridized carbons (Fsp3) is 0.214. The first kappa shape index (κ1) is 13.2. The van der Waals surface area contributed by atoms with Gasteiger partial charge >= 0.3 is 11.8 Å². The largest absolute Gasteiger partial charge is 0.384 e. The summed E-state index contributed by atoms with van der Waals surface area (Å²) < 4.78 is 0. The number of aromatic nitrogens is 2. The van der Waals surface area contributed by atoms with Crippen LogP contribution in [0.4, 0.5) is 11.5 Å². The van der Waals surface area contributed by atoms with E-state index in [0.717, 1.165) is 5.56 Å². The average Bonchev–Trinajstić information content (AvgIpc) is 2.91. The average molecular weight is 285 g/mol. The number of aromatic amines is 1. The lowest BCUT2D eigenvalue weighted by atomic mass is 10.0. The summed E-state index contributed by atoms with van der Waals surface area (Å²) in [5.41, 5.74) is 8.01. The van der Waals surface area contributed by atoms with E-state index in [-0.39, 0.29) is 0 Å². The first-order valence-corrected chi connectivity index (χ1v) is 6.55. The molecule has 1 aliphatic heterocycles. The van der Waals surface area contributed by atoms with Gasteiger partial charge < -0.3 is 15.5 Å². The van der Waals surface area contributed by atoms with Crippen LogP contribution in [0.5, 0.6) is 0 Å². The van der Waals surface area contributed by atoms with E-state index in [1.807, 2.05) is 18.2 Å². The highest BCUT2D eigenvalue weighted by molar-refractivity contribution is 6.41. The molecular weight excluding hydrogens is 270 g/mol. The number of nitrogens with one attached hydrogen (secondary N) is 1. The summed E-state index contributed by atoms with van der Waals surface area (Å²) in [5.74, 6) is -0.607. The molecule has 1 aliphatic rings. The summed E-state index contributed by atoms with van der Waals surface area (Å²) >= 11 is 0. The number of likely N-dealkylation sites (N-methyl/N-ethyl adjacent to an activating group) is 1. The van der Waals surface area contributed by atoms with Gasteiger partial charge in [-0.15, -0.1) is 0 Å². The van der Waals surface area contributed by atoms with Crippen LogP contribution in [0, 0.1) is 0 Å². The Morgan fingerprint density at radius 2 is 1.90 bits per heavy atom. The number of nitrogens with zero attached hydrogens (tertiary/aromatic N) is 3. The topological polar surface area (TPSA) is 95.3 Å². The summed E-state index contributed by atoms with van der Waals surface area (Å²) in [6.07, 6.45) is 1.61. The van der Waals surface area contributed by atoms with Gasteiger partial charge in [-0.2, -0.15) is 5.10 Å². The molecule has 7 heteroatoms. The van der Waals surface area contributed by atoms with Crippen LogP contribution in [-0.4, -0.2) is 47.0 Å². The van der Waals surface area contributed by atoms with Crippen LogP contribution in [-0.2, 0) is 9.59 Å². The number of benzene rings is 1. The molecule has 21 heavy (non-hydrogen) atoms. The Labute approximate surface area is 121 Å². The molecule has 2 amide bonds. The van der Waals surface area contributed by atoms with Gasteiger partial charge in [0.15, 0.2) is 0 Å². The normalized spacial score (nSPS) is 15.7. The van der Waals surface area contributed by atoms with Crippen molar-refractivity contribution in [2.45, 2.75) is 0 Å². The Morgan fingerprint density at radius 3 is 2.62 bits per heavy atom. The molecule has 0 saturated carbocycles. The lowest BCUT2D eigenvalue weighted by Gasteiger charge is -2.32. The van der Waals surface area contributed by atoms with E-state index < -0.39 is 11.8 Å². The number of para-hydroxylation sites is 1. The number of rotatable bonds is 2. The maximum atomic E-state index is 12.2. The maximum absolute atomic E-state index is 12.2. The smallest absolute Gasteiger partial charge is 0.316 e. The molecule has 0 unspecified atom stereocenters. The summed E-state index contributed by atoms with van der Waals surface area (Å²) in [6.45, 7) is 0.954. The summed E-state index contributed by atoms with van der Waals surface area (Å²) in [6, 6.07) is 7.34. The van der Waals surface area contributed by atoms with Crippen LogP contribution < -0.4 is 10.6 Å². The number of H-pyrrole nitrogens is 1. The van der Waals surface area contributed by atoms with Gasteiger partial charge in [0.2, 0.25) is 0 Å². The van der Waals surface area contributed by atoms with Gasteiger partial charge in [0, 0.05) is 31.3 Å². The quantitative estimate of drug-likeness (QED) is 0.784. The van der Waals surface area contributed by atoms with E-state index in [1.165, 1.54) is 9.80 Å². The van der Waals surface area contributed by atoms with E-state index in [2.05, 4.69) is 10.2 Å². The van der Waals surface area contributed by atoms with Gasteiger partial charge in [0.1, 0.15) is 5.82 Å². The molecule has 0 bridgehead atoms. The van der Waals surface area contributed by atoms with Crippen molar-refractivity contribution in [3.63, 3.8) is 0 Å². The molecule has 0 atom stereocenters. The van der Waals surface area contributed by atoms with E-state index >= 15 is 0 Å². The third kappa shape index (κ3) is 2.12. The number of amides is 2. The minimum Gasteiger partial charge on any atom is -0.384 e. The van der Waals surface area contributed by atoms with Gasteiger partial charge in [-0.3, -0.25) is 14.7 Å². The van der Waals surface area contributed by atoms with Crippen molar-refractivity contribution >= 4 is 23.3 Å². The van der Waals surface area contributed by atoms with Crippen LogP contribution in [0.3, 0.4) is 0 Å². The SMILES string of the molecule is CN1CCN(c2ccccc2-c2cn[nH]c2N)C(=O)C1=O. The molecule has 1 aromatic heterocycles. The summed E-state index contributed by atoms with van der Waals surface area (Å²) in [4.78, 5) is 27.0. The second-order valence-electron chi connectivity index (χ2n) is 4.90. The molecule has 3 rings (SSSR count). The van der Waals surface area contributed by atoms with Gasteiger partial charge in [-0.25, -0.2) is 0 Å². The van der Waals surface area contributed by atoms with Gasteiger partial charge in [0.05, 0.1) is 11.9 Å². The van der Waals surface area contributed by atoms with Gasteiger partial charge in [-0.1, -0.05) is 18.2 Å². The number of hydrogen-bond donors (Lipinski definition) is 2. The highest BCUT2D eigenvalue weighted by Gasteiger charge is 2.32. The zero-order chi connectivity index (χ0) is 15.0. The van der Waals surface area contributed by atoms with E-state index in [9.17, 15) is 9.59 Å². The molecule has 108 valence electrons. The number of hydrogen-bond acceptors (Lipinski definition) is 4. The lowest BCUT2D eigenvalue weighted by Crippen LogP contribution is -2.53. The van der Waals surface area contributed by atoms with Crippen molar-refractivity contribution in [1.82, 2.24) is 15.1 Å². The molecule has 1 fully saturated rings. The van der Waals surface area contributed by atoms with Crippen LogP contribution in [0.2, 0.25) is 0 Å². The molecule has 1 aromatic carbocycles. The first-order valence-electron chi connectivity index (χ1n) is 6.55. The fourth-order valence-corrected chi connectivity index (χ4v) is 2.41. The molecule has 0 radical (unpaired) electrons. The molecule has 3 N–H and O–H groups in total.